The van der Waals surface area contributed by atoms with Crippen LogP contribution in [0.2, 0.25) is 0 Å². The molecule has 1 unspecified atom stereocenters. The standard InChI is InChI=1S/C18H28N2OS/c1-6-8-9-11-15(10-7-2)12-13-16-14(3)19(4)18(21)20(5)17(16)22/h7,9,11,15H,2,6,8,10,12-13H2,1,3-5H3/b11-9+. The first-order chi connectivity index (χ1) is 10.4. The normalized spacial score (nSPS) is 12.7. The zero-order valence-corrected chi connectivity index (χ0v) is 15.1. The third kappa shape index (κ3) is 4.54. The third-order valence-electron chi connectivity index (χ3n) is 4.17. The molecular weight excluding hydrogens is 292 g/mol. The van der Waals surface area contributed by atoms with Gasteiger partial charge in [-0.1, -0.05) is 43.8 Å². The van der Waals surface area contributed by atoms with Crippen LogP contribution in [0.25, 0.3) is 0 Å². The average molecular weight is 321 g/mol. The van der Waals surface area contributed by atoms with Crippen LogP contribution in [0.1, 0.15) is 43.9 Å². The molecule has 0 spiro atoms. The molecule has 0 bridgehead atoms. The van der Waals surface area contributed by atoms with Crippen LogP contribution in [0, 0.1) is 17.5 Å². The van der Waals surface area contributed by atoms with Crippen molar-refractivity contribution < 1.29 is 0 Å². The Balaban J connectivity index is 2.97. The molecule has 3 nitrogen and oxygen atoms in total. The maximum absolute atomic E-state index is 12.0. The monoisotopic (exact) mass is 320 g/mol. The summed E-state index contributed by atoms with van der Waals surface area (Å²) in [6, 6.07) is 0. The number of aromatic nitrogens is 2. The molecule has 0 aromatic carbocycles. The molecule has 122 valence electrons. The molecule has 0 amide bonds. The zero-order valence-electron chi connectivity index (χ0n) is 14.3. The van der Waals surface area contributed by atoms with Crippen molar-refractivity contribution >= 4 is 12.2 Å². The molecule has 1 atom stereocenters. The van der Waals surface area contributed by atoms with Crippen molar-refractivity contribution in [1.29, 1.82) is 0 Å². The molecular formula is C18H28N2OS. The van der Waals surface area contributed by atoms with E-state index < -0.39 is 0 Å². The summed E-state index contributed by atoms with van der Waals surface area (Å²) in [4.78, 5) is 12.0. The van der Waals surface area contributed by atoms with E-state index in [0.717, 1.165) is 36.9 Å². The molecule has 4 heteroatoms. The average Bonchev–Trinajstić information content (AvgIpc) is 2.51. The van der Waals surface area contributed by atoms with Crippen molar-refractivity contribution in [2.75, 3.05) is 0 Å². The van der Waals surface area contributed by atoms with Gasteiger partial charge in [-0.3, -0.25) is 4.57 Å². The van der Waals surface area contributed by atoms with Crippen LogP contribution in [-0.4, -0.2) is 9.13 Å². The Hall–Kier alpha value is -1.42. The lowest BCUT2D eigenvalue weighted by Gasteiger charge is -2.16. The van der Waals surface area contributed by atoms with Gasteiger partial charge in [0.25, 0.3) is 0 Å². The molecule has 0 saturated heterocycles. The van der Waals surface area contributed by atoms with Crippen LogP contribution in [-0.2, 0) is 20.5 Å². The Morgan fingerprint density at radius 2 is 2.00 bits per heavy atom. The van der Waals surface area contributed by atoms with Crippen LogP contribution in [0.3, 0.4) is 0 Å². The Morgan fingerprint density at radius 1 is 1.32 bits per heavy atom. The minimum absolute atomic E-state index is 0.0586. The number of unbranched alkanes of at least 4 members (excludes halogenated alkanes) is 1. The number of nitrogens with zero attached hydrogens (tertiary/aromatic N) is 2. The van der Waals surface area contributed by atoms with Crippen LogP contribution < -0.4 is 5.69 Å². The van der Waals surface area contributed by atoms with Crippen molar-refractivity contribution in [2.24, 2.45) is 20.0 Å². The molecule has 22 heavy (non-hydrogen) atoms. The predicted molar refractivity (Wildman–Crippen MR) is 96.9 cm³/mol. The van der Waals surface area contributed by atoms with Crippen molar-refractivity contribution in [3.8, 4) is 0 Å². The van der Waals surface area contributed by atoms with Gasteiger partial charge in [0.2, 0.25) is 0 Å². The molecule has 0 fully saturated rings. The second-order valence-electron chi connectivity index (χ2n) is 5.81. The topological polar surface area (TPSA) is 26.9 Å². The van der Waals surface area contributed by atoms with Gasteiger partial charge in [0.05, 0.1) is 0 Å². The lowest BCUT2D eigenvalue weighted by molar-refractivity contribution is 0.580. The summed E-state index contributed by atoms with van der Waals surface area (Å²) in [5.41, 5.74) is 2.03. The molecule has 0 aliphatic heterocycles. The first-order valence-electron chi connectivity index (χ1n) is 7.97. The first kappa shape index (κ1) is 18.6. The number of hydrogen-bond donors (Lipinski definition) is 0. The molecule has 1 rings (SSSR count). The minimum Gasteiger partial charge on any atom is -0.301 e. The fourth-order valence-electron chi connectivity index (χ4n) is 2.59. The zero-order chi connectivity index (χ0) is 16.7. The first-order valence-corrected chi connectivity index (χ1v) is 8.37. The maximum Gasteiger partial charge on any atom is 0.328 e. The van der Waals surface area contributed by atoms with Gasteiger partial charge >= 0.3 is 5.69 Å². The second kappa shape index (κ2) is 8.89. The predicted octanol–water partition coefficient (Wildman–Crippen LogP) is 4.24. The van der Waals surface area contributed by atoms with Crippen molar-refractivity contribution in [3.05, 3.63) is 51.2 Å². The van der Waals surface area contributed by atoms with Crippen molar-refractivity contribution in [3.63, 3.8) is 0 Å². The Kier molecular flexibility index (Phi) is 7.52. The van der Waals surface area contributed by atoms with Crippen LogP contribution in [0.4, 0.5) is 0 Å². The fraction of sp³-hybridized carbons (Fsp3) is 0.556. The molecule has 0 N–H and O–H groups in total. The van der Waals surface area contributed by atoms with E-state index in [1.807, 2.05) is 13.0 Å². The summed E-state index contributed by atoms with van der Waals surface area (Å²) in [6.07, 6.45) is 11.7. The van der Waals surface area contributed by atoms with Gasteiger partial charge in [-0.15, -0.1) is 6.58 Å². The number of allylic oxidation sites excluding steroid dienone is 3. The second-order valence-corrected chi connectivity index (χ2v) is 6.20. The molecule has 1 aromatic heterocycles. The summed E-state index contributed by atoms with van der Waals surface area (Å²) in [5, 5.41) is 0. The van der Waals surface area contributed by atoms with E-state index in [2.05, 4.69) is 25.7 Å². The molecule has 1 aromatic rings. The summed E-state index contributed by atoms with van der Waals surface area (Å²) < 4.78 is 3.91. The van der Waals surface area contributed by atoms with Gasteiger partial charge < -0.3 is 4.57 Å². The van der Waals surface area contributed by atoms with Crippen molar-refractivity contribution in [1.82, 2.24) is 9.13 Å². The molecule has 0 aliphatic rings. The van der Waals surface area contributed by atoms with E-state index in [0.29, 0.717) is 10.6 Å². The molecule has 0 radical (unpaired) electrons. The number of rotatable bonds is 8. The largest absolute Gasteiger partial charge is 0.328 e. The smallest absolute Gasteiger partial charge is 0.301 e. The van der Waals surface area contributed by atoms with E-state index in [-0.39, 0.29) is 5.69 Å². The van der Waals surface area contributed by atoms with Gasteiger partial charge in [0.1, 0.15) is 4.64 Å². The Morgan fingerprint density at radius 3 is 2.59 bits per heavy atom. The highest BCUT2D eigenvalue weighted by Crippen LogP contribution is 2.18. The van der Waals surface area contributed by atoms with E-state index in [1.54, 1.807) is 23.2 Å². The highest BCUT2D eigenvalue weighted by atomic mass is 32.1. The van der Waals surface area contributed by atoms with Crippen LogP contribution in [0.15, 0.2) is 29.6 Å². The lowest BCUT2D eigenvalue weighted by Crippen LogP contribution is -2.30. The van der Waals surface area contributed by atoms with Gasteiger partial charge in [-0.25, -0.2) is 4.79 Å². The molecule has 0 saturated carbocycles. The summed E-state index contributed by atoms with van der Waals surface area (Å²) >= 11 is 5.46. The quantitative estimate of drug-likeness (QED) is 0.529. The molecule has 0 aliphatic carbocycles. The van der Waals surface area contributed by atoms with Gasteiger partial charge in [0, 0.05) is 25.4 Å². The lowest BCUT2D eigenvalue weighted by atomic mass is 9.95. The van der Waals surface area contributed by atoms with Gasteiger partial charge in [-0.2, -0.15) is 0 Å². The molecule has 1 heterocycles. The van der Waals surface area contributed by atoms with Crippen LogP contribution >= 0.6 is 12.2 Å². The van der Waals surface area contributed by atoms with Gasteiger partial charge in [-0.05, 0) is 38.5 Å². The van der Waals surface area contributed by atoms with E-state index in [4.69, 9.17) is 12.2 Å². The highest BCUT2D eigenvalue weighted by Gasteiger charge is 2.11. The minimum atomic E-state index is -0.0586. The number of hydrogen-bond acceptors (Lipinski definition) is 2. The summed E-state index contributed by atoms with van der Waals surface area (Å²) in [5.74, 6) is 0.486. The van der Waals surface area contributed by atoms with Crippen molar-refractivity contribution in [2.45, 2.75) is 46.0 Å². The SMILES string of the molecule is C=CCC(/C=C/CCC)CCc1c(C)n(C)c(=O)n(C)c1=S. The Labute approximate surface area is 139 Å². The van der Waals surface area contributed by atoms with E-state index in [9.17, 15) is 4.79 Å². The summed E-state index contributed by atoms with van der Waals surface area (Å²) in [6.45, 7) is 8.01. The summed E-state index contributed by atoms with van der Waals surface area (Å²) in [7, 11) is 3.55. The van der Waals surface area contributed by atoms with Gasteiger partial charge in [0.15, 0.2) is 0 Å². The highest BCUT2D eigenvalue weighted by molar-refractivity contribution is 7.71. The van der Waals surface area contributed by atoms with E-state index >= 15 is 0 Å². The maximum atomic E-state index is 12.0. The van der Waals surface area contributed by atoms with Crippen LogP contribution in [0.5, 0.6) is 0 Å². The third-order valence-corrected chi connectivity index (χ3v) is 4.69. The Bertz CT molecular complexity index is 652. The van der Waals surface area contributed by atoms with E-state index in [1.165, 1.54) is 6.42 Å². The fourth-order valence-corrected chi connectivity index (χ4v) is 2.92.